The molecule has 0 aromatic rings. The summed E-state index contributed by atoms with van der Waals surface area (Å²) in [4.78, 5) is 0. The summed E-state index contributed by atoms with van der Waals surface area (Å²) in [7, 11) is 0. The van der Waals surface area contributed by atoms with Gasteiger partial charge in [-0.05, 0) is 25.7 Å². The molecule has 0 spiro atoms. The lowest BCUT2D eigenvalue weighted by atomic mass is 9.92. The molecule has 0 aliphatic carbocycles. The number of aliphatic hydroxyl groups is 16. The van der Waals surface area contributed by atoms with Crippen LogP contribution in [-0.4, -0.2) is 310 Å². The van der Waals surface area contributed by atoms with Crippen LogP contribution in [0.25, 0.3) is 0 Å². The minimum atomic E-state index is -1.63. The van der Waals surface area contributed by atoms with Crippen molar-refractivity contribution in [3.05, 3.63) is 0 Å². The molecule has 28 heteroatoms. The third-order valence-electron chi connectivity index (χ3n) is 11.9. The summed E-state index contributed by atoms with van der Waals surface area (Å²) in [5, 5.41) is 160. The van der Waals surface area contributed by atoms with Gasteiger partial charge in [-0.1, -0.05) is 0 Å². The fourth-order valence-corrected chi connectivity index (χ4v) is 7.67. The van der Waals surface area contributed by atoms with Crippen LogP contribution in [0.15, 0.2) is 0 Å². The quantitative estimate of drug-likeness (QED) is 0.0278. The maximum absolute atomic E-state index is 10.3. The van der Waals surface area contributed by atoms with Crippen LogP contribution in [0.1, 0.15) is 25.7 Å². The standard InChI is InChI=1S/C41H76O28/c42-13-21-25(46)29(50)33(54)37(66-21)62-9-1-5-58-17-41(18-59-6-2-10-63-38-34(55)30(51)26(47)22(14-43)67-38,19-60-7-3-11-64-39-35(56)31(52)27(48)23(15-44)68-39)20-61-8-4-12-65-40-36(57)32(53)28(49)24(16-45)69-40/h21-40,42-57H,1-20H2/t21-,22-,23+,24+,25-,26-,27+,28+,29+,30+,31-,32-,33+,34+,35-,36-,37+,38+,39-,40-. The number of rotatable bonds is 32. The zero-order chi connectivity index (χ0) is 50.7. The highest BCUT2D eigenvalue weighted by Crippen LogP contribution is 2.27. The van der Waals surface area contributed by atoms with Gasteiger partial charge in [-0.2, -0.15) is 0 Å². The Morgan fingerprint density at radius 1 is 0.275 bits per heavy atom. The molecule has 16 N–H and O–H groups in total. The van der Waals surface area contributed by atoms with E-state index in [4.69, 9.17) is 56.8 Å². The van der Waals surface area contributed by atoms with Crippen molar-refractivity contribution in [2.45, 2.75) is 149 Å². The van der Waals surface area contributed by atoms with Crippen molar-refractivity contribution in [3.63, 3.8) is 0 Å². The van der Waals surface area contributed by atoms with Crippen molar-refractivity contribution in [2.75, 3.05) is 106 Å². The van der Waals surface area contributed by atoms with E-state index >= 15 is 0 Å². The molecule has 0 aromatic carbocycles. The highest BCUT2D eigenvalue weighted by atomic mass is 16.7. The summed E-state index contributed by atoms with van der Waals surface area (Å²) < 4.78 is 68.1. The fourth-order valence-electron chi connectivity index (χ4n) is 7.67. The van der Waals surface area contributed by atoms with Gasteiger partial charge >= 0.3 is 0 Å². The molecule has 4 aliphatic rings. The first-order valence-corrected chi connectivity index (χ1v) is 23.0. The minimum Gasteiger partial charge on any atom is -0.394 e. The molecule has 4 rings (SSSR count). The summed E-state index contributed by atoms with van der Waals surface area (Å²) in [6, 6.07) is 0. The van der Waals surface area contributed by atoms with E-state index in [0.717, 1.165) is 0 Å². The van der Waals surface area contributed by atoms with E-state index in [1.807, 2.05) is 0 Å². The van der Waals surface area contributed by atoms with E-state index in [1.165, 1.54) is 0 Å². The van der Waals surface area contributed by atoms with Crippen molar-refractivity contribution in [1.82, 2.24) is 0 Å². The Hall–Kier alpha value is -1.12. The Bertz CT molecular complexity index is 1160. The molecule has 4 fully saturated rings. The van der Waals surface area contributed by atoms with Crippen molar-refractivity contribution in [3.8, 4) is 0 Å². The summed E-state index contributed by atoms with van der Waals surface area (Å²) in [6.45, 7) is -2.71. The SMILES string of the molecule is OC[C@@H]1O[C@@H](OCCCOCC(COCCCO[C@H]2O[C@H](CO)[C@@H](O)[C@H](O)[C@@H]2O)(COCCCO[C@H]2O[C@H](CO)[C@@H](O)[C@H](O)[C@@H]2O)COCCCO[C@@H]2O[C@@H](CO)[C@H](O)[C@@H](O)[C@H]2O)[C@H](O)[C@H](O)[C@H]1O. The lowest BCUT2D eigenvalue weighted by Crippen LogP contribution is -2.59. The van der Waals surface area contributed by atoms with Crippen LogP contribution >= 0.6 is 0 Å². The molecule has 4 heterocycles. The molecule has 408 valence electrons. The van der Waals surface area contributed by atoms with Gasteiger partial charge in [0.1, 0.15) is 97.7 Å². The second kappa shape index (κ2) is 30.9. The second-order valence-electron chi connectivity index (χ2n) is 17.4. The molecule has 20 atom stereocenters. The van der Waals surface area contributed by atoms with Crippen molar-refractivity contribution < 1.29 is 139 Å². The third kappa shape index (κ3) is 17.5. The van der Waals surface area contributed by atoms with Gasteiger partial charge in [-0.3, -0.25) is 0 Å². The molecule has 0 unspecified atom stereocenters. The molecule has 0 aromatic heterocycles. The Kier molecular flexibility index (Phi) is 27.1. The minimum absolute atomic E-state index is 0.0451. The van der Waals surface area contributed by atoms with Crippen molar-refractivity contribution in [1.29, 1.82) is 0 Å². The van der Waals surface area contributed by atoms with Crippen LogP contribution < -0.4 is 0 Å². The number of ether oxygens (including phenoxy) is 12. The van der Waals surface area contributed by atoms with Gasteiger partial charge in [-0.15, -0.1) is 0 Å². The van der Waals surface area contributed by atoms with Crippen LogP contribution in [0, 0.1) is 5.41 Å². The van der Waals surface area contributed by atoms with Gasteiger partial charge in [-0.25, -0.2) is 0 Å². The average molecular weight is 1020 g/mol. The monoisotopic (exact) mass is 1020 g/mol. The highest BCUT2D eigenvalue weighted by molar-refractivity contribution is 4.92. The predicted octanol–water partition coefficient (Wildman–Crippen LogP) is -9.13. The highest BCUT2D eigenvalue weighted by Gasteiger charge is 2.47. The molecule has 0 bridgehead atoms. The van der Waals surface area contributed by atoms with E-state index in [2.05, 4.69) is 0 Å². The van der Waals surface area contributed by atoms with E-state index in [9.17, 15) is 81.7 Å². The van der Waals surface area contributed by atoms with Crippen molar-refractivity contribution in [2.24, 2.45) is 5.41 Å². The summed E-state index contributed by atoms with van der Waals surface area (Å²) in [5.74, 6) is 0. The molecule has 0 radical (unpaired) electrons. The smallest absolute Gasteiger partial charge is 0.186 e. The Morgan fingerprint density at radius 3 is 0.667 bits per heavy atom. The van der Waals surface area contributed by atoms with E-state index in [0.29, 0.717) is 0 Å². The Morgan fingerprint density at radius 2 is 0.478 bits per heavy atom. The summed E-state index contributed by atoms with van der Waals surface area (Å²) in [6.07, 6.45) is -28.3. The molecule has 4 saturated heterocycles. The van der Waals surface area contributed by atoms with Gasteiger partial charge in [0.25, 0.3) is 0 Å². The van der Waals surface area contributed by atoms with Crippen LogP contribution in [0.4, 0.5) is 0 Å². The molecule has 0 saturated carbocycles. The Balaban J connectivity index is 1.36. The molecule has 28 nitrogen and oxygen atoms in total. The maximum Gasteiger partial charge on any atom is 0.186 e. The average Bonchev–Trinajstić information content (AvgIpc) is 3.35. The molecular formula is C41H76O28. The maximum atomic E-state index is 10.3. The van der Waals surface area contributed by atoms with Crippen LogP contribution in [0.5, 0.6) is 0 Å². The van der Waals surface area contributed by atoms with Gasteiger partial charge < -0.3 is 139 Å². The lowest BCUT2D eigenvalue weighted by Gasteiger charge is -2.39. The molecule has 4 aliphatic heterocycles. The number of hydrogen-bond donors (Lipinski definition) is 16. The van der Waals surface area contributed by atoms with Crippen LogP contribution in [0.3, 0.4) is 0 Å². The Labute approximate surface area is 397 Å². The molecule has 69 heavy (non-hydrogen) atoms. The fraction of sp³-hybridized carbons (Fsp3) is 1.00. The largest absolute Gasteiger partial charge is 0.394 e. The lowest BCUT2D eigenvalue weighted by molar-refractivity contribution is -0.301. The first-order valence-electron chi connectivity index (χ1n) is 23.0. The van der Waals surface area contributed by atoms with E-state index in [-0.39, 0.29) is 105 Å². The van der Waals surface area contributed by atoms with Gasteiger partial charge in [0.2, 0.25) is 0 Å². The first kappa shape index (κ1) is 60.4. The number of aliphatic hydroxyl groups excluding tert-OH is 16. The zero-order valence-corrected chi connectivity index (χ0v) is 38.2. The summed E-state index contributed by atoms with van der Waals surface area (Å²) in [5.41, 5.74) is -1.06. The predicted molar refractivity (Wildman–Crippen MR) is 223 cm³/mol. The van der Waals surface area contributed by atoms with Crippen LogP contribution in [0.2, 0.25) is 0 Å². The third-order valence-corrected chi connectivity index (χ3v) is 11.9. The first-order chi connectivity index (χ1) is 33.0. The van der Waals surface area contributed by atoms with E-state index in [1.54, 1.807) is 0 Å². The van der Waals surface area contributed by atoms with Crippen LogP contribution in [-0.2, 0) is 56.8 Å². The summed E-state index contributed by atoms with van der Waals surface area (Å²) >= 11 is 0. The molecular weight excluding hydrogens is 940 g/mol. The zero-order valence-electron chi connectivity index (χ0n) is 38.2. The second-order valence-corrected chi connectivity index (χ2v) is 17.4. The molecule has 0 amide bonds. The topological polar surface area (TPSA) is 434 Å². The van der Waals surface area contributed by atoms with Crippen molar-refractivity contribution >= 4 is 0 Å². The van der Waals surface area contributed by atoms with E-state index < -0.39 is 155 Å². The normalized spacial score (nSPS) is 39.0. The number of hydrogen-bond acceptors (Lipinski definition) is 28. The van der Waals surface area contributed by atoms with Gasteiger partial charge in [0.05, 0.1) is 84.7 Å². The van der Waals surface area contributed by atoms with Gasteiger partial charge in [0.15, 0.2) is 25.2 Å². The van der Waals surface area contributed by atoms with Gasteiger partial charge in [0, 0.05) is 26.4 Å².